The van der Waals surface area contributed by atoms with Crippen LogP contribution < -0.4 is 5.32 Å². The van der Waals surface area contributed by atoms with Crippen LogP contribution in [0.5, 0.6) is 5.75 Å². The average Bonchev–Trinajstić information content (AvgIpc) is 2.41. The first-order valence-corrected chi connectivity index (χ1v) is 7.48. The Morgan fingerprint density at radius 2 is 1.85 bits per heavy atom. The topological polar surface area (TPSA) is 32.3 Å². The third kappa shape index (κ3) is 4.38. The highest BCUT2D eigenvalue weighted by molar-refractivity contribution is 9.10. The predicted octanol–water partition coefficient (Wildman–Crippen LogP) is 5.08. The van der Waals surface area contributed by atoms with E-state index in [-0.39, 0.29) is 5.75 Å². The molecule has 20 heavy (non-hydrogen) atoms. The molecule has 2 N–H and O–H groups in total. The number of aromatic hydroxyl groups is 1. The van der Waals surface area contributed by atoms with E-state index in [9.17, 15) is 13.9 Å². The number of benzene rings is 2. The number of halogens is 3. The van der Waals surface area contributed by atoms with Crippen molar-refractivity contribution in [3.05, 3.63) is 52.5 Å². The Hall–Kier alpha value is -1.27. The van der Waals surface area contributed by atoms with Gasteiger partial charge in [-0.1, -0.05) is 27.7 Å². The Kier molecular flexibility index (Phi) is 5.25. The lowest BCUT2D eigenvalue weighted by atomic mass is 10.2. The summed E-state index contributed by atoms with van der Waals surface area (Å²) in [7, 11) is 0. The van der Waals surface area contributed by atoms with Crippen molar-refractivity contribution in [3.63, 3.8) is 0 Å². The molecule has 0 bridgehead atoms. The molecule has 2 aromatic carbocycles. The van der Waals surface area contributed by atoms with E-state index in [0.717, 1.165) is 15.7 Å². The van der Waals surface area contributed by atoms with Gasteiger partial charge in [0.2, 0.25) is 0 Å². The van der Waals surface area contributed by atoms with Gasteiger partial charge in [0, 0.05) is 27.2 Å². The summed E-state index contributed by atoms with van der Waals surface area (Å²) in [5.41, 5.74) is 1.56. The van der Waals surface area contributed by atoms with E-state index in [1.807, 2.05) is 6.07 Å². The third-order valence-electron chi connectivity index (χ3n) is 2.60. The molecule has 0 unspecified atom stereocenters. The summed E-state index contributed by atoms with van der Waals surface area (Å²) in [6.07, 6.45) is 0. The van der Waals surface area contributed by atoms with E-state index in [2.05, 4.69) is 21.2 Å². The zero-order valence-corrected chi connectivity index (χ0v) is 12.7. The van der Waals surface area contributed by atoms with E-state index in [0.29, 0.717) is 23.2 Å². The van der Waals surface area contributed by atoms with Gasteiger partial charge < -0.3 is 10.4 Å². The van der Waals surface area contributed by atoms with Crippen LogP contribution in [0.2, 0.25) is 0 Å². The summed E-state index contributed by atoms with van der Waals surface area (Å²) in [5.74, 6) is -2.20. The molecule has 0 aliphatic rings. The van der Waals surface area contributed by atoms with Crippen molar-refractivity contribution in [3.8, 4) is 5.75 Å². The predicted molar refractivity (Wildman–Crippen MR) is 81.4 cm³/mol. The average molecular weight is 360 g/mol. The molecular formula is C14H12BrF2NOS. The molecule has 0 aliphatic carbocycles. The molecule has 106 valence electrons. The number of thioether (sulfide) groups is 1. The van der Waals surface area contributed by atoms with Gasteiger partial charge in [-0.05, 0) is 42.5 Å². The molecule has 0 amide bonds. The standard InChI is InChI=1S/C14H12BrF2NOS/c15-10-1-6-13(19)9(7-10)8-18-11-2-4-12(5-3-11)20-14(16)17/h1-7,14,18-19H,8H2. The summed E-state index contributed by atoms with van der Waals surface area (Å²) in [6, 6.07) is 11.9. The number of phenolic OH excluding ortho intramolecular Hbond substituents is 1. The summed E-state index contributed by atoms with van der Waals surface area (Å²) in [6.45, 7) is 0.451. The Morgan fingerprint density at radius 1 is 1.15 bits per heavy atom. The van der Waals surface area contributed by atoms with Crippen LogP contribution in [0.4, 0.5) is 14.5 Å². The van der Waals surface area contributed by atoms with Crippen LogP contribution in [0.3, 0.4) is 0 Å². The molecule has 6 heteroatoms. The van der Waals surface area contributed by atoms with Crippen LogP contribution in [0, 0.1) is 0 Å². The van der Waals surface area contributed by atoms with Gasteiger partial charge in [-0.25, -0.2) is 0 Å². The molecule has 0 spiro atoms. The van der Waals surface area contributed by atoms with E-state index < -0.39 is 5.76 Å². The first kappa shape index (κ1) is 15.1. The zero-order chi connectivity index (χ0) is 14.5. The van der Waals surface area contributed by atoms with Crippen molar-refractivity contribution < 1.29 is 13.9 Å². The Morgan fingerprint density at radius 3 is 2.50 bits per heavy atom. The molecular weight excluding hydrogens is 348 g/mol. The molecule has 2 aromatic rings. The summed E-state index contributed by atoms with van der Waals surface area (Å²) in [5, 5.41) is 12.8. The molecule has 0 atom stereocenters. The normalized spacial score (nSPS) is 10.8. The molecule has 0 aromatic heterocycles. The van der Waals surface area contributed by atoms with Crippen molar-refractivity contribution in [1.29, 1.82) is 0 Å². The SMILES string of the molecule is Oc1ccc(Br)cc1CNc1ccc(SC(F)F)cc1. The Labute approximate surface area is 128 Å². The molecule has 2 rings (SSSR count). The van der Waals surface area contributed by atoms with Crippen LogP contribution >= 0.6 is 27.7 Å². The third-order valence-corrected chi connectivity index (χ3v) is 3.82. The number of alkyl halides is 2. The lowest BCUT2D eigenvalue weighted by molar-refractivity contribution is 0.252. The van der Waals surface area contributed by atoms with E-state index in [1.54, 1.807) is 36.4 Å². The zero-order valence-electron chi connectivity index (χ0n) is 10.3. The fourth-order valence-electron chi connectivity index (χ4n) is 1.65. The fraction of sp³-hybridized carbons (Fsp3) is 0.143. The maximum atomic E-state index is 12.2. The number of phenols is 1. The van der Waals surface area contributed by atoms with Crippen LogP contribution in [0.15, 0.2) is 51.8 Å². The van der Waals surface area contributed by atoms with Gasteiger partial charge in [-0.3, -0.25) is 0 Å². The second-order valence-electron chi connectivity index (χ2n) is 4.03. The molecule has 0 fully saturated rings. The van der Waals surface area contributed by atoms with Crippen LogP contribution in [0.25, 0.3) is 0 Å². The minimum atomic E-state index is -2.41. The maximum absolute atomic E-state index is 12.2. The summed E-state index contributed by atoms with van der Waals surface area (Å²) < 4.78 is 25.3. The Bertz CT molecular complexity index is 578. The number of anilines is 1. The van der Waals surface area contributed by atoms with Gasteiger partial charge in [-0.15, -0.1) is 0 Å². The molecule has 2 nitrogen and oxygen atoms in total. The second kappa shape index (κ2) is 6.95. The van der Waals surface area contributed by atoms with Crippen molar-refractivity contribution in [2.45, 2.75) is 17.2 Å². The first-order valence-electron chi connectivity index (χ1n) is 5.81. The highest BCUT2D eigenvalue weighted by Gasteiger charge is 2.05. The number of hydrogen-bond acceptors (Lipinski definition) is 3. The molecule has 0 saturated carbocycles. The van der Waals surface area contributed by atoms with Gasteiger partial charge in [0.05, 0.1) is 0 Å². The van der Waals surface area contributed by atoms with Gasteiger partial charge in [0.15, 0.2) is 0 Å². The molecule has 0 aliphatic heterocycles. The Balaban J connectivity index is 1.98. The summed E-state index contributed by atoms with van der Waals surface area (Å²) >= 11 is 3.86. The lowest BCUT2D eigenvalue weighted by Gasteiger charge is -2.09. The monoisotopic (exact) mass is 359 g/mol. The van der Waals surface area contributed by atoms with Crippen LogP contribution in [-0.4, -0.2) is 10.9 Å². The smallest absolute Gasteiger partial charge is 0.288 e. The minimum Gasteiger partial charge on any atom is -0.508 e. The van der Waals surface area contributed by atoms with Gasteiger partial charge in [0.25, 0.3) is 5.76 Å². The molecule has 0 radical (unpaired) electrons. The van der Waals surface area contributed by atoms with Crippen LogP contribution in [0.1, 0.15) is 5.56 Å². The fourth-order valence-corrected chi connectivity index (χ4v) is 2.55. The van der Waals surface area contributed by atoms with Crippen molar-refractivity contribution >= 4 is 33.4 Å². The number of nitrogens with one attached hydrogen (secondary N) is 1. The van der Waals surface area contributed by atoms with Gasteiger partial charge in [0.1, 0.15) is 5.75 Å². The molecule has 0 saturated heterocycles. The van der Waals surface area contributed by atoms with E-state index in [4.69, 9.17) is 0 Å². The number of rotatable bonds is 5. The second-order valence-corrected chi connectivity index (χ2v) is 6.01. The summed E-state index contributed by atoms with van der Waals surface area (Å²) in [4.78, 5) is 0.524. The molecule has 0 heterocycles. The van der Waals surface area contributed by atoms with Gasteiger partial charge in [-0.2, -0.15) is 8.78 Å². The highest BCUT2D eigenvalue weighted by Crippen LogP contribution is 2.27. The van der Waals surface area contributed by atoms with Gasteiger partial charge >= 0.3 is 0 Å². The quantitative estimate of drug-likeness (QED) is 0.730. The maximum Gasteiger partial charge on any atom is 0.288 e. The highest BCUT2D eigenvalue weighted by atomic mass is 79.9. The van der Waals surface area contributed by atoms with Crippen molar-refractivity contribution in [2.75, 3.05) is 5.32 Å². The minimum absolute atomic E-state index is 0.213. The lowest BCUT2D eigenvalue weighted by Crippen LogP contribution is -1.99. The van der Waals surface area contributed by atoms with E-state index >= 15 is 0 Å². The number of hydrogen-bond donors (Lipinski definition) is 2. The van der Waals surface area contributed by atoms with Crippen LogP contribution in [-0.2, 0) is 6.54 Å². The van der Waals surface area contributed by atoms with E-state index in [1.165, 1.54) is 0 Å². The first-order chi connectivity index (χ1) is 9.54. The van der Waals surface area contributed by atoms with Crippen molar-refractivity contribution in [1.82, 2.24) is 0 Å². The largest absolute Gasteiger partial charge is 0.508 e. The van der Waals surface area contributed by atoms with Crippen molar-refractivity contribution in [2.24, 2.45) is 0 Å².